The molecule has 0 saturated heterocycles. The molecule has 2 amide bonds. The summed E-state index contributed by atoms with van der Waals surface area (Å²) >= 11 is 0. The molecule has 3 aromatic rings. The maximum absolute atomic E-state index is 13.0. The summed E-state index contributed by atoms with van der Waals surface area (Å²) in [6.07, 6.45) is 1.77. The Labute approximate surface area is 145 Å². The van der Waals surface area contributed by atoms with Crippen LogP contribution in [0.1, 0.15) is 20.7 Å². The average molecular weight is 328 g/mol. The Balaban J connectivity index is 1.93. The Morgan fingerprint density at radius 3 is 2.32 bits per heavy atom. The number of para-hydroxylation sites is 1. The maximum atomic E-state index is 13.0. The van der Waals surface area contributed by atoms with Gasteiger partial charge in [0.05, 0.1) is 5.69 Å². The van der Waals surface area contributed by atoms with Gasteiger partial charge in [-0.05, 0) is 30.3 Å². The van der Waals surface area contributed by atoms with Gasteiger partial charge >= 0.3 is 0 Å². The second-order valence-electron chi connectivity index (χ2n) is 5.84. The van der Waals surface area contributed by atoms with E-state index in [9.17, 15) is 9.59 Å². The van der Waals surface area contributed by atoms with Crippen LogP contribution in [0.3, 0.4) is 0 Å². The smallest absolute Gasteiger partial charge is 0.265 e. The van der Waals surface area contributed by atoms with E-state index in [2.05, 4.69) is 11.9 Å². The van der Waals surface area contributed by atoms with Gasteiger partial charge in [0.25, 0.3) is 11.8 Å². The first kappa shape index (κ1) is 15.1. The van der Waals surface area contributed by atoms with Gasteiger partial charge in [-0.2, -0.15) is 0 Å². The number of amides is 2. The second kappa shape index (κ2) is 5.91. The molecule has 0 aliphatic carbocycles. The minimum Gasteiger partial charge on any atom is -0.381 e. The van der Waals surface area contributed by atoms with E-state index >= 15 is 0 Å². The third-order valence-corrected chi connectivity index (χ3v) is 4.36. The molecular weight excluding hydrogens is 312 g/mol. The Kier molecular flexibility index (Phi) is 3.58. The van der Waals surface area contributed by atoms with Crippen LogP contribution in [0.5, 0.6) is 0 Å². The molecule has 0 saturated carbocycles. The minimum atomic E-state index is -0.296. The van der Waals surface area contributed by atoms with Gasteiger partial charge in [0.1, 0.15) is 0 Å². The van der Waals surface area contributed by atoms with Crippen LogP contribution in [0.4, 0.5) is 11.4 Å². The van der Waals surface area contributed by atoms with Gasteiger partial charge in [-0.3, -0.25) is 9.59 Å². The molecule has 4 heteroatoms. The largest absolute Gasteiger partial charge is 0.381 e. The van der Waals surface area contributed by atoms with E-state index in [1.165, 1.54) is 4.90 Å². The summed E-state index contributed by atoms with van der Waals surface area (Å²) in [7, 11) is 0. The molecule has 4 rings (SSSR count). The highest BCUT2D eigenvalue weighted by molar-refractivity contribution is 6.36. The predicted molar refractivity (Wildman–Crippen MR) is 100 cm³/mol. The summed E-state index contributed by atoms with van der Waals surface area (Å²) in [6, 6.07) is 18.2. The van der Waals surface area contributed by atoms with Crippen LogP contribution < -0.4 is 10.2 Å². The van der Waals surface area contributed by atoms with Gasteiger partial charge in [0, 0.05) is 34.1 Å². The first-order valence-corrected chi connectivity index (χ1v) is 8.06. The van der Waals surface area contributed by atoms with Crippen LogP contribution in [-0.4, -0.2) is 18.4 Å². The van der Waals surface area contributed by atoms with Crippen LogP contribution in [0.25, 0.3) is 10.8 Å². The molecule has 4 nitrogen and oxygen atoms in total. The molecule has 25 heavy (non-hydrogen) atoms. The first-order chi connectivity index (χ1) is 12.2. The third kappa shape index (κ3) is 2.31. The zero-order valence-corrected chi connectivity index (χ0v) is 13.5. The zero-order chi connectivity index (χ0) is 17.4. The minimum absolute atomic E-state index is 0.296. The average Bonchev–Trinajstić information content (AvgIpc) is 2.65. The Morgan fingerprint density at radius 2 is 1.60 bits per heavy atom. The molecule has 0 spiro atoms. The molecule has 122 valence electrons. The molecule has 1 aliphatic rings. The lowest BCUT2D eigenvalue weighted by atomic mass is 9.92. The number of hydrogen-bond acceptors (Lipinski definition) is 3. The predicted octanol–water partition coefficient (Wildman–Crippen LogP) is 4.24. The summed E-state index contributed by atoms with van der Waals surface area (Å²) < 4.78 is 0. The molecule has 0 fully saturated rings. The fraction of sp³-hybridized carbons (Fsp3) is 0.0476. The lowest BCUT2D eigenvalue weighted by Crippen LogP contribution is -2.40. The molecule has 3 aromatic carbocycles. The van der Waals surface area contributed by atoms with E-state index in [4.69, 9.17) is 0 Å². The van der Waals surface area contributed by atoms with E-state index in [0.717, 1.165) is 11.1 Å². The summed E-state index contributed by atoms with van der Waals surface area (Å²) in [5, 5.41) is 4.83. The number of nitrogens with one attached hydrogen (secondary N) is 1. The van der Waals surface area contributed by atoms with Gasteiger partial charge in [0.15, 0.2) is 0 Å². The van der Waals surface area contributed by atoms with E-state index < -0.39 is 0 Å². The third-order valence-electron chi connectivity index (χ3n) is 4.36. The van der Waals surface area contributed by atoms with Gasteiger partial charge in [-0.1, -0.05) is 36.4 Å². The summed E-state index contributed by atoms with van der Waals surface area (Å²) in [5.41, 5.74) is 2.54. The number of nitrogens with zero attached hydrogens (tertiary/aromatic N) is 1. The zero-order valence-electron chi connectivity index (χ0n) is 13.5. The highest BCUT2D eigenvalue weighted by Crippen LogP contribution is 2.36. The van der Waals surface area contributed by atoms with E-state index in [-0.39, 0.29) is 11.8 Å². The van der Waals surface area contributed by atoms with Crippen molar-refractivity contribution in [1.82, 2.24) is 0 Å². The van der Waals surface area contributed by atoms with Crippen molar-refractivity contribution in [1.29, 1.82) is 0 Å². The summed E-state index contributed by atoms with van der Waals surface area (Å²) in [5.74, 6) is -0.592. The molecule has 1 N–H and O–H groups in total. The Bertz CT molecular complexity index is 987. The first-order valence-electron chi connectivity index (χ1n) is 8.06. The van der Waals surface area contributed by atoms with Gasteiger partial charge in [-0.25, -0.2) is 4.90 Å². The number of carbonyl (C=O) groups is 2. The summed E-state index contributed by atoms with van der Waals surface area (Å²) in [4.78, 5) is 27.3. The highest BCUT2D eigenvalue weighted by atomic mass is 16.2. The maximum Gasteiger partial charge on any atom is 0.265 e. The number of carbonyl (C=O) groups excluding carboxylic acids is 2. The second-order valence-corrected chi connectivity index (χ2v) is 5.84. The van der Waals surface area contributed by atoms with Crippen molar-refractivity contribution in [2.75, 3.05) is 16.8 Å². The molecule has 0 radical (unpaired) electrons. The Hall–Kier alpha value is -3.40. The van der Waals surface area contributed by atoms with Crippen LogP contribution in [0, 0.1) is 0 Å². The van der Waals surface area contributed by atoms with Crippen molar-refractivity contribution < 1.29 is 9.59 Å². The van der Waals surface area contributed by atoms with Crippen LogP contribution in [0.2, 0.25) is 0 Å². The summed E-state index contributed by atoms with van der Waals surface area (Å²) in [6.45, 7) is 4.32. The fourth-order valence-electron chi connectivity index (χ4n) is 3.24. The molecule has 0 atom stereocenters. The number of anilines is 2. The molecule has 1 heterocycles. The van der Waals surface area contributed by atoms with Gasteiger partial charge in [0.2, 0.25) is 0 Å². The quantitative estimate of drug-likeness (QED) is 0.576. The van der Waals surface area contributed by atoms with E-state index in [0.29, 0.717) is 28.7 Å². The monoisotopic (exact) mass is 328 g/mol. The molecule has 1 aliphatic heterocycles. The lowest BCUT2D eigenvalue weighted by Gasteiger charge is -2.27. The van der Waals surface area contributed by atoms with Crippen molar-refractivity contribution in [3.05, 3.63) is 84.4 Å². The van der Waals surface area contributed by atoms with Crippen LogP contribution in [-0.2, 0) is 0 Å². The SMILES string of the molecule is C=CCNc1ccc2c3c(cccc13)C(=O)N(c1ccccc1)C2=O. The van der Waals surface area contributed by atoms with E-state index in [1.54, 1.807) is 30.3 Å². The number of rotatable bonds is 4. The van der Waals surface area contributed by atoms with Crippen molar-refractivity contribution in [3.8, 4) is 0 Å². The van der Waals surface area contributed by atoms with Crippen molar-refractivity contribution >= 4 is 34.0 Å². The lowest BCUT2D eigenvalue weighted by molar-refractivity contribution is 0.0893. The van der Waals surface area contributed by atoms with Crippen LogP contribution in [0.15, 0.2) is 73.3 Å². The van der Waals surface area contributed by atoms with Crippen LogP contribution >= 0.6 is 0 Å². The fourth-order valence-corrected chi connectivity index (χ4v) is 3.24. The topological polar surface area (TPSA) is 49.4 Å². The molecule has 0 bridgehead atoms. The van der Waals surface area contributed by atoms with Crippen molar-refractivity contribution in [2.45, 2.75) is 0 Å². The Morgan fingerprint density at radius 1 is 0.880 bits per heavy atom. The molecule has 0 unspecified atom stereocenters. The van der Waals surface area contributed by atoms with Crippen molar-refractivity contribution in [2.24, 2.45) is 0 Å². The highest BCUT2D eigenvalue weighted by Gasteiger charge is 2.34. The van der Waals surface area contributed by atoms with Crippen molar-refractivity contribution in [3.63, 3.8) is 0 Å². The normalized spacial score (nSPS) is 13.2. The van der Waals surface area contributed by atoms with Gasteiger partial charge in [-0.15, -0.1) is 6.58 Å². The number of hydrogen-bond donors (Lipinski definition) is 1. The van der Waals surface area contributed by atoms with E-state index in [1.807, 2.05) is 36.4 Å². The number of imide groups is 1. The molecular formula is C21H16N2O2. The van der Waals surface area contributed by atoms with Gasteiger partial charge < -0.3 is 5.32 Å². The number of benzene rings is 3. The standard InChI is InChI=1S/C21H16N2O2/c1-2-13-22-18-12-11-17-19-15(18)9-6-10-16(19)20(24)23(21(17)25)14-7-4-3-5-8-14/h2-12,22H,1,13H2. The molecule has 0 aromatic heterocycles.